The Hall–Kier alpha value is -1.59. The summed E-state index contributed by atoms with van der Waals surface area (Å²) in [6, 6.07) is 5.00. The van der Waals surface area contributed by atoms with Crippen molar-refractivity contribution >= 4 is 29.1 Å². The van der Waals surface area contributed by atoms with Crippen LogP contribution in [0.5, 0.6) is 0 Å². The minimum absolute atomic E-state index is 0.102. The van der Waals surface area contributed by atoms with Gasteiger partial charge in [-0.1, -0.05) is 34.5 Å². The van der Waals surface area contributed by atoms with Crippen LogP contribution in [0.1, 0.15) is 29.0 Å². The number of primary amides is 1. The van der Waals surface area contributed by atoms with Crippen molar-refractivity contribution in [3.05, 3.63) is 45.7 Å². The monoisotopic (exact) mass is 284 g/mol. The summed E-state index contributed by atoms with van der Waals surface area (Å²) in [4.78, 5) is 11.0. The highest BCUT2D eigenvalue weighted by Crippen LogP contribution is 2.31. The van der Waals surface area contributed by atoms with Crippen molar-refractivity contribution in [1.82, 2.24) is 15.0 Å². The molecule has 0 spiro atoms. The summed E-state index contributed by atoms with van der Waals surface area (Å²) in [5.74, 6) is -0.626. The van der Waals surface area contributed by atoms with Crippen LogP contribution in [0.25, 0.3) is 0 Å². The molecule has 1 aromatic carbocycles. The summed E-state index contributed by atoms with van der Waals surface area (Å²) in [7, 11) is 0. The summed E-state index contributed by atoms with van der Waals surface area (Å²) in [6.07, 6.45) is 1.46. The number of nitrogens with zero attached hydrogens (tertiary/aromatic N) is 3. The molecule has 0 aliphatic carbocycles. The van der Waals surface area contributed by atoms with Crippen molar-refractivity contribution in [2.24, 2.45) is 5.73 Å². The van der Waals surface area contributed by atoms with Crippen molar-refractivity contribution < 1.29 is 4.79 Å². The van der Waals surface area contributed by atoms with Gasteiger partial charge in [-0.2, -0.15) is 0 Å². The number of carbonyl (C=O) groups is 1. The van der Waals surface area contributed by atoms with E-state index >= 15 is 0 Å². The van der Waals surface area contributed by atoms with Crippen molar-refractivity contribution in [2.75, 3.05) is 0 Å². The van der Waals surface area contributed by atoms with Crippen LogP contribution in [0.15, 0.2) is 24.4 Å². The van der Waals surface area contributed by atoms with E-state index in [2.05, 4.69) is 10.3 Å². The molecule has 2 rings (SSSR count). The lowest BCUT2D eigenvalue weighted by Gasteiger charge is -2.14. The topological polar surface area (TPSA) is 73.8 Å². The van der Waals surface area contributed by atoms with Gasteiger partial charge in [-0.3, -0.25) is 4.79 Å². The van der Waals surface area contributed by atoms with Crippen LogP contribution in [-0.4, -0.2) is 20.9 Å². The van der Waals surface area contributed by atoms with E-state index in [1.165, 1.54) is 10.9 Å². The Morgan fingerprint density at radius 3 is 2.50 bits per heavy atom. The second-order valence-electron chi connectivity index (χ2n) is 3.76. The third-order valence-electron chi connectivity index (χ3n) is 2.58. The summed E-state index contributed by atoms with van der Waals surface area (Å²) in [6.45, 7) is 1.85. The van der Waals surface area contributed by atoms with Gasteiger partial charge < -0.3 is 5.73 Å². The molecule has 1 aromatic heterocycles. The predicted octanol–water partition coefficient (Wildman–Crippen LogP) is 2.29. The van der Waals surface area contributed by atoms with Gasteiger partial charge in [0.25, 0.3) is 5.91 Å². The zero-order valence-corrected chi connectivity index (χ0v) is 11.0. The predicted molar refractivity (Wildman–Crippen MR) is 68.8 cm³/mol. The Labute approximate surface area is 113 Å². The molecule has 7 heteroatoms. The number of amides is 1. The molecular weight excluding hydrogens is 275 g/mol. The summed E-state index contributed by atoms with van der Waals surface area (Å²) >= 11 is 12.2. The molecule has 1 unspecified atom stereocenters. The zero-order valence-electron chi connectivity index (χ0n) is 9.47. The molecule has 0 fully saturated rings. The van der Waals surface area contributed by atoms with E-state index in [1.807, 2.05) is 6.92 Å². The fourth-order valence-corrected chi connectivity index (χ4v) is 2.33. The van der Waals surface area contributed by atoms with E-state index in [-0.39, 0.29) is 11.7 Å². The quantitative estimate of drug-likeness (QED) is 0.940. The molecular formula is C11H10Cl2N4O. The number of nitrogens with two attached hydrogens (primary N) is 1. The maximum Gasteiger partial charge on any atom is 0.270 e. The maximum atomic E-state index is 11.0. The van der Waals surface area contributed by atoms with Crippen LogP contribution in [0, 0.1) is 0 Å². The fraction of sp³-hybridized carbons (Fsp3) is 0.182. The molecule has 94 valence electrons. The Kier molecular flexibility index (Phi) is 3.54. The second-order valence-corrected chi connectivity index (χ2v) is 4.57. The van der Waals surface area contributed by atoms with E-state index < -0.39 is 5.91 Å². The molecule has 1 heterocycles. The average molecular weight is 285 g/mol. The fourth-order valence-electron chi connectivity index (χ4n) is 1.62. The largest absolute Gasteiger partial charge is 0.364 e. The van der Waals surface area contributed by atoms with Crippen LogP contribution in [0.2, 0.25) is 10.0 Å². The van der Waals surface area contributed by atoms with Gasteiger partial charge in [0.15, 0.2) is 5.69 Å². The number of hydrogen-bond donors (Lipinski definition) is 1. The molecule has 0 bridgehead atoms. The van der Waals surface area contributed by atoms with Gasteiger partial charge in [-0.05, 0) is 19.1 Å². The van der Waals surface area contributed by atoms with Crippen molar-refractivity contribution in [2.45, 2.75) is 13.0 Å². The van der Waals surface area contributed by atoms with Crippen LogP contribution in [0.4, 0.5) is 0 Å². The number of hydrogen-bond acceptors (Lipinski definition) is 3. The third-order valence-corrected chi connectivity index (χ3v) is 3.24. The molecule has 0 saturated carbocycles. The smallest absolute Gasteiger partial charge is 0.270 e. The van der Waals surface area contributed by atoms with Gasteiger partial charge in [0.05, 0.1) is 12.2 Å². The second kappa shape index (κ2) is 4.96. The van der Waals surface area contributed by atoms with Gasteiger partial charge in [0, 0.05) is 15.6 Å². The molecule has 0 aliphatic rings. The Morgan fingerprint density at radius 1 is 1.39 bits per heavy atom. The summed E-state index contributed by atoms with van der Waals surface area (Å²) in [5, 5.41) is 8.59. The highest BCUT2D eigenvalue weighted by atomic mass is 35.5. The first-order valence-corrected chi connectivity index (χ1v) is 5.92. The van der Waals surface area contributed by atoms with Gasteiger partial charge in [-0.25, -0.2) is 4.68 Å². The van der Waals surface area contributed by atoms with Gasteiger partial charge in [0.2, 0.25) is 0 Å². The highest BCUT2D eigenvalue weighted by molar-refractivity contribution is 6.36. The lowest BCUT2D eigenvalue weighted by atomic mass is 10.1. The molecule has 2 N–H and O–H groups in total. The average Bonchev–Trinajstić information content (AvgIpc) is 2.77. The number of aromatic nitrogens is 3. The van der Waals surface area contributed by atoms with E-state index in [9.17, 15) is 4.79 Å². The van der Waals surface area contributed by atoms with Gasteiger partial charge in [-0.15, -0.1) is 5.10 Å². The molecule has 18 heavy (non-hydrogen) atoms. The summed E-state index contributed by atoms with van der Waals surface area (Å²) in [5.41, 5.74) is 5.94. The van der Waals surface area contributed by atoms with Gasteiger partial charge in [0.1, 0.15) is 0 Å². The number of carbonyl (C=O) groups excluding carboxylic acids is 1. The highest BCUT2D eigenvalue weighted by Gasteiger charge is 2.17. The normalized spacial score (nSPS) is 12.4. The Balaban J connectivity index is 2.41. The molecule has 2 aromatic rings. The lowest BCUT2D eigenvalue weighted by Crippen LogP contribution is -2.11. The summed E-state index contributed by atoms with van der Waals surface area (Å²) < 4.78 is 1.49. The standard InChI is InChI=1S/C11H10Cl2N4O/c1-6(10-7(12)3-2-4-8(10)13)17-5-9(11(14)18)15-16-17/h2-6H,1H3,(H2,14,18). The Morgan fingerprint density at radius 2 is 2.00 bits per heavy atom. The number of halogens is 2. The number of benzene rings is 1. The van der Waals surface area contributed by atoms with Crippen molar-refractivity contribution in [3.63, 3.8) is 0 Å². The molecule has 5 nitrogen and oxygen atoms in total. The minimum atomic E-state index is -0.626. The van der Waals surface area contributed by atoms with Crippen LogP contribution in [-0.2, 0) is 0 Å². The molecule has 0 saturated heterocycles. The zero-order chi connectivity index (χ0) is 13.3. The van der Waals surface area contributed by atoms with Crippen molar-refractivity contribution in [3.8, 4) is 0 Å². The van der Waals surface area contributed by atoms with Crippen LogP contribution in [0.3, 0.4) is 0 Å². The van der Waals surface area contributed by atoms with E-state index in [4.69, 9.17) is 28.9 Å². The van der Waals surface area contributed by atoms with Crippen molar-refractivity contribution in [1.29, 1.82) is 0 Å². The molecule has 0 radical (unpaired) electrons. The first-order valence-electron chi connectivity index (χ1n) is 5.16. The number of rotatable bonds is 3. The minimum Gasteiger partial charge on any atom is -0.364 e. The molecule has 1 atom stereocenters. The Bertz CT molecular complexity index is 576. The maximum absolute atomic E-state index is 11.0. The third kappa shape index (κ3) is 2.32. The molecule has 0 aliphatic heterocycles. The van der Waals surface area contributed by atoms with E-state index in [0.717, 1.165) is 5.56 Å². The van der Waals surface area contributed by atoms with Crippen LogP contribution < -0.4 is 5.73 Å². The van der Waals surface area contributed by atoms with Gasteiger partial charge >= 0.3 is 0 Å². The lowest BCUT2D eigenvalue weighted by molar-refractivity contribution is 0.0995. The molecule has 1 amide bonds. The first kappa shape index (κ1) is 12.9. The first-order chi connectivity index (χ1) is 8.50. The van der Waals surface area contributed by atoms with E-state index in [0.29, 0.717) is 10.0 Å². The van der Waals surface area contributed by atoms with E-state index in [1.54, 1.807) is 18.2 Å². The van der Waals surface area contributed by atoms with Crippen LogP contribution >= 0.6 is 23.2 Å². The SMILES string of the molecule is CC(c1c(Cl)cccc1Cl)n1cc(C(N)=O)nn1.